The molecule has 5 nitrogen and oxygen atoms in total. The summed E-state index contributed by atoms with van der Waals surface area (Å²) < 4.78 is 17.3. The summed E-state index contributed by atoms with van der Waals surface area (Å²) >= 11 is 0. The van der Waals surface area contributed by atoms with E-state index in [1.165, 1.54) is 0 Å². The molecule has 0 saturated carbocycles. The fraction of sp³-hybridized carbons (Fsp3) is 0.174. The van der Waals surface area contributed by atoms with Gasteiger partial charge < -0.3 is 14.2 Å². The number of rotatable bonds is 5. The largest absolute Gasteiger partial charge is 0.496 e. The normalized spacial score (nSPS) is 16.8. The summed E-state index contributed by atoms with van der Waals surface area (Å²) in [5.74, 6) is 2.05. The van der Waals surface area contributed by atoms with E-state index in [1.54, 1.807) is 14.2 Å². The number of ether oxygens (including phenoxy) is 3. The Labute approximate surface area is 164 Å². The monoisotopic (exact) mass is 374 g/mol. The van der Waals surface area contributed by atoms with Gasteiger partial charge in [-0.15, -0.1) is 0 Å². The third-order valence-corrected chi connectivity index (χ3v) is 4.70. The Morgan fingerprint density at radius 1 is 0.929 bits per heavy atom. The number of para-hydroxylation sites is 1. The van der Waals surface area contributed by atoms with Crippen molar-refractivity contribution in [2.45, 2.75) is 12.5 Å². The fourth-order valence-electron chi connectivity index (χ4n) is 3.29. The Bertz CT molecular complexity index is 972. The Hall–Kier alpha value is -3.47. The molecule has 0 amide bonds. The van der Waals surface area contributed by atoms with Crippen LogP contribution in [0.1, 0.15) is 23.7 Å². The van der Waals surface area contributed by atoms with E-state index >= 15 is 0 Å². The van der Waals surface area contributed by atoms with E-state index in [0.717, 1.165) is 22.5 Å². The van der Waals surface area contributed by atoms with Gasteiger partial charge in [0.25, 0.3) is 0 Å². The number of anilines is 1. The Morgan fingerprint density at radius 2 is 1.64 bits per heavy atom. The highest BCUT2D eigenvalue weighted by molar-refractivity contribution is 6.07. The molecule has 0 spiro atoms. The van der Waals surface area contributed by atoms with Gasteiger partial charge >= 0.3 is 0 Å². The molecular weight excluding hydrogens is 352 g/mol. The van der Waals surface area contributed by atoms with Crippen molar-refractivity contribution in [1.82, 2.24) is 0 Å². The van der Waals surface area contributed by atoms with E-state index in [9.17, 15) is 0 Å². The zero-order chi connectivity index (χ0) is 19.3. The van der Waals surface area contributed by atoms with Gasteiger partial charge in [0.2, 0.25) is 0 Å². The highest BCUT2D eigenvalue weighted by Crippen LogP contribution is 2.42. The van der Waals surface area contributed by atoms with Crippen LogP contribution in [0.15, 0.2) is 77.9 Å². The van der Waals surface area contributed by atoms with Gasteiger partial charge in [-0.05, 0) is 17.7 Å². The van der Waals surface area contributed by atoms with Crippen molar-refractivity contribution in [3.8, 4) is 17.2 Å². The molecule has 1 heterocycles. The van der Waals surface area contributed by atoms with Crippen LogP contribution in [0, 0.1) is 0 Å². The molecule has 1 aliphatic heterocycles. The zero-order valence-electron chi connectivity index (χ0n) is 15.9. The molecule has 0 bridgehead atoms. The predicted octanol–water partition coefficient (Wildman–Crippen LogP) is 5.04. The maximum absolute atomic E-state index is 6.32. The topological polar surface area (TPSA) is 52.1 Å². The summed E-state index contributed by atoms with van der Waals surface area (Å²) in [6.07, 6.45) is 0.487. The number of methoxy groups -OCH3 is 2. The average molecular weight is 374 g/mol. The van der Waals surface area contributed by atoms with Gasteiger partial charge in [-0.1, -0.05) is 48.5 Å². The van der Waals surface area contributed by atoms with E-state index in [4.69, 9.17) is 19.3 Å². The van der Waals surface area contributed by atoms with Crippen molar-refractivity contribution in [2.75, 3.05) is 19.6 Å². The molecule has 0 aliphatic carbocycles. The van der Waals surface area contributed by atoms with E-state index in [2.05, 4.69) is 17.6 Å². The van der Waals surface area contributed by atoms with Crippen molar-refractivity contribution in [3.63, 3.8) is 0 Å². The molecule has 0 saturated heterocycles. The molecule has 1 unspecified atom stereocenters. The molecule has 0 fully saturated rings. The first kappa shape index (κ1) is 17.9. The van der Waals surface area contributed by atoms with Crippen molar-refractivity contribution in [1.29, 1.82) is 0 Å². The number of hydrogen-bond donors (Lipinski definition) is 1. The summed E-state index contributed by atoms with van der Waals surface area (Å²) in [5.41, 5.74) is 6.89. The quantitative estimate of drug-likeness (QED) is 0.636. The third-order valence-electron chi connectivity index (χ3n) is 4.70. The Kier molecular flexibility index (Phi) is 5.15. The third kappa shape index (κ3) is 3.64. The molecule has 1 atom stereocenters. The van der Waals surface area contributed by atoms with E-state index < -0.39 is 0 Å². The highest BCUT2D eigenvalue weighted by atomic mass is 16.5. The van der Waals surface area contributed by atoms with Crippen LogP contribution in [0.2, 0.25) is 0 Å². The first-order valence-electron chi connectivity index (χ1n) is 9.14. The van der Waals surface area contributed by atoms with Crippen LogP contribution in [-0.2, 0) is 0 Å². The Balaban J connectivity index is 1.77. The number of fused-ring (bicyclic) bond motifs is 1. The van der Waals surface area contributed by atoms with Crippen LogP contribution in [0.25, 0.3) is 0 Å². The van der Waals surface area contributed by atoms with Crippen LogP contribution in [0.4, 0.5) is 5.69 Å². The first-order valence-corrected chi connectivity index (χ1v) is 9.14. The second kappa shape index (κ2) is 8.05. The fourth-order valence-corrected chi connectivity index (χ4v) is 3.29. The van der Waals surface area contributed by atoms with Gasteiger partial charge in [-0.3, -0.25) is 5.43 Å². The minimum atomic E-state index is -0.137. The number of benzene rings is 3. The van der Waals surface area contributed by atoms with Crippen LogP contribution in [0.3, 0.4) is 0 Å². The van der Waals surface area contributed by atoms with E-state index in [1.807, 2.05) is 60.7 Å². The average Bonchev–Trinajstić information content (AvgIpc) is 2.77. The first-order chi connectivity index (χ1) is 13.8. The van der Waals surface area contributed by atoms with Crippen molar-refractivity contribution >= 4 is 11.4 Å². The van der Waals surface area contributed by atoms with E-state index in [0.29, 0.717) is 23.7 Å². The number of nitrogens with zero attached hydrogens (tertiary/aromatic N) is 1. The number of nitrogens with one attached hydrogen (secondary N) is 1. The molecule has 5 heteroatoms. The molecule has 4 rings (SSSR count). The molecule has 28 heavy (non-hydrogen) atoms. The van der Waals surface area contributed by atoms with Gasteiger partial charge in [0, 0.05) is 18.6 Å². The van der Waals surface area contributed by atoms with Gasteiger partial charge in [-0.2, -0.15) is 5.10 Å². The summed E-state index contributed by atoms with van der Waals surface area (Å²) in [7, 11) is 3.27. The lowest BCUT2D eigenvalue weighted by molar-refractivity contribution is 0.204. The van der Waals surface area contributed by atoms with Crippen molar-refractivity contribution in [3.05, 3.63) is 83.9 Å². The molecule has 0 radical (unpaired) electrons. The zero-order valence-corrected chi connectivity index (χ0v) is 15.9. The van der Waals surface area contributed by atoms with Crippen LogP contribution < -0.4 is 19.6 Å². The summed E-state index contributed by atoms with van der Waals surface area (Å²) in [4.78, 5) is 0. The van der Waals surface area contributed by atoms with Gasteiger partial charge in [0.15, 0.2) is 0 Å². The highest BCUT2D eigenvalue weighted by Gasteiger charge is 2.30. The molecule has 1 N–H and O–H groups in total. The van der Waals surface area contributed by atoms with Crippen LogP contribution >= 0.6 is 0 Å². The lowest BCUT2D eigenvalue weighted by atomic mass is 9.94. The van der Waals surface area contributed by atoms with E-state index in [-0.39, 0.29) is 6.10 Å². The van der Waals surface area contributed by atoms with Gasteiger partial charge in [0.1, 0.15) is 23.4 Å². The maximum Gasteiger partial charge on any atom is 0.136 e. The van der Waals surface area contributed by atoms with Crippen LogP contribution in [-0.4, -0.2) is 19.9 Å². The standard InChI is InChI=1S/C23H22N2O3/c1-26-18-13-21(27-2)23-19(25-24-17-11-7-4-8-12-17)15-20(28-22(23)14-18)16-9-5-3-6-10-16/h3-14,20,24H,15H2,1-2H3/b25-19+. The number of hydrogen-bond acceptors (Lipinski definition) is 5. The van der Waals surface area contributed by atoms with Gasteiger partial charge in [0.05, 0.1) is 31.2 Å². The second-order valence-electron chi connectivity index (χ2n) is 6.46. The Morgan fingerprint density at radius 3 is 2.32 bits per heavy atom. The number of hydrazone groups is 1. The summed E-state index contributed by atoms with van der Waals surface area (Å²) in [6.45, 7) is 0. The molecule has 0 aromatic heterocycles. The van der Waals surface area contributed by atoms with Crippen LogP contribution in [0.5, 0.6) is 17.2 Å². The van der Waals surface area contributed by atoms with Crippen molar-refractivity contribution in [2.24, 2.45) is 5.10 Å². The van der Waals surface area contributed by atoms with Crippen molar-refractivity contribution < 1.29 is 14.2 Å². The molecular formula is C23H22N2O3. The molecule has 3 aromatic rings. The molecule has 1 aliphatic rings. The minimum Gasteiger partial charge on any atom is -0.496 e. The smallest absolute Gasteiger partial charge is 0.136 e. The molecule has 142 valence electrons. The summed E-state index contributed by atoms with van der Waals surface area (Å²) in [5, 5.41) is 4.70. The lowest BCUT2D eigenvalue weighted by Crippen LogP contribution is -2.22. The maximum atomic E-state index is 6.32. The lowest BCUT2D eigenvalue weighted by Gasteiger charge is -2.29. The minimum absolute atomic E-state index is 0.137. The molecule has 3 aromatic carbocycles. The van der Waals surface area contributed by atoms with Gasteiger partial charge in [-0.25, -0.2) is 0 Å². The second-order valence-corrected chi connectivity index (χ2v) is 6.46. The summed E-state index contributed by atoms with van der Waals surface area (Å²) in [6, 6.07) is 23.8. The SMILES string of the molecule is COc1cc(OC)c2c(c1)OC(c1ccccc1)C/C2=N\Nc1ccccc1. The predicted molar refractivity (Wildman–Crippen MR) is 111 cm³/mol.